The molecule has 0 radical (unpaired) electrons. The Morgan fingerprint density at radius 2 is 2.10 bits per heavy atom. The molecule has 0 saturated carbocycles. The van der Waals surface area contributed by atoms with Crippen molar-refractivity contribution in [3.63, 3.8) is 0 Å². The molecule has 2 heterocycles. The van der Waals surface area contributed by atoms with Crippen LogP contribution in [0.5, 0.6) is 0 Å². The fraction of sp³-hybridized carbons (Fsp3) is 0.333. The maximum atomic E-state index is 13.5. The Morgan fingerprint density at radius 1 is 1.30 bits per heavy atom. The van der Waals surface area contributed by atoms with Crippen molar-refractivity contribution in [2.24, 2.45) is 0 Å². The van der Waals surface area contributed by atoms with Gasteiger partial charge in [-0.1, -0.05) is 0 Å². The summed E-state index contributed by atoms with van der Waals surface area (Å²) in [6.07, 6.45) is 1.38. The van der Waals surface area contributed by atoms with Gasteiger partial charge in [-0.2, -0.15) is 4.68 Å². The molecule has 0 atom stereocenters. The molecule has 0 spiro atoms. The second-order valence-electron chi connectivity index (χ2n) is 4.46. The summed E-state index contributed by atoms with van der Waals surface area (Å²) in [6.45, 7) is 2.68. The number of aromatic nitrogens is 4. The molecule has 3 rings (SSSR count). The fourth-order valence-electron chi connectivity index (χ4n) is 2.19. The number of nitrogens with zero attached hydrogens (tertiary/aromatic N) is 5. The van der Waals surface area contributed by atoms with Crippen LogP contribution in [0.25, 0.3) is 5.69 Å². The molecule has 104 valence electrons. The van der Waals surface area contributed by atoms with E-state index in [0.717, 1.165) is 13.1 Å². The van der Waals surface area contributed by atoms with Gasteiger partial charge in [0, 0.05) is 26.2 Å². The van der Waals surface area contributed by atoms with E-state index in [2.05, 4.69) is 20.8 Å². The van der Waals surface area contributed by atoms with E-state index in [9.17, 15) is 9.18 Å². The van der Waals surface area contributed by atoms with E-state index < -0.39 is 5.82 Å². The van der Waals surface area contributed by atoms with Crippen molar-refractivity contribution in [3.8, 4) is 5.69 Å². The molecular weight excluding hydrogens is 263 g/mol. The summed E-state index contributed by atoms with van der Waals surface area (Å²) in [5.74, 6) is -0.670. The van der Waals surface area contributed by atoms with Crippen molar-refractivity contribution in [1.29, 1.82) is 0 Å². The average Bonchev–Trinajstić information content (AvgIpc) is 3.01. The van der Waals surface area contributed by atoms with E-state index in [-0.39, 0.29) is 11.5 Å². The third-order valence-electron chi connectivity index (χ3n) is 3.19. The van der Waals surface area contributed by atoms with Gasteiger partial charge in [-0.3, -0.25) is 4.79 Å². The molecule has 1 aromatic carbocycles. The molecule has 8 heteroatoms. The van der Waals surface area contributed by atoms with Gasteiger partial charge < -0.3 is 10.2 Å². The normalized spacial score (nSPS) is 15.3. The standard InChI is InChI=1S/C12H13FN6O/c13-9-1-2-11(19-8-15-16-17-19)10(7-9)12(20)18-5-3-14-4-6-18/h1-2,7-8,14H,3-6H2. The van der Waals surface area contributed by atoms with Crippen molar-refractivity contribution in [3.05, 3.63) is 35.9 Å². The molecule has 1 aliphatic heterocycles. The monoisotopic (exact) mass is 276 g/mol. The van der Waals surface area contributed by atoms with Gasteiger partial charge >= 0.3 is 0 Å². The third kappa shape index (κ3) is 2.37. The molecule has 7 nitrogen and oxygen atoms in total. The van der Waals surface area contributed by atoms with Crippen LogP contribution in [0, 0.1) is 5.82 Å². The van der Waals surface area contributed by atoms with E-state index in [1.807, 2.05) is 0 Å². The second-order valence-corrected chi connectivity index (χ2v) is 4.46. The summed E-state index contributed by atoms with van der Waals surface area (Å²) >= 11 is 0. The molecule has 0 bridgehead atoms. The third-order valence-corrected chi connectivity index (χ3v) is 3.19. The van der Waals surface area contributed by atoms with Gasteiger partial charge in [0.15, 0.2) is 0 Å². The zero-order chi connectivity index (χ0) is 13.9. The molecule has 1 amide bonds. The van der Waals surface area contributed by atoms with Crippen LogP contribution >= 0.6 is 0 Å². The predicted molar refractivity (Wildman–Crippen MR) is 67.9 cm³/mol. The largest absolute Gasteiger partial charge is 0.336 e. The minimum absolute atomic E-state index is 0.212. The first-order valence-electron chi connectivity index (χ1n) is 6.28. The van der Waals surface area contributed by atoms with Crippen molar-refractivity contribution in [1.82, 2.24) is 30.4 Å². The highest BCUT2D eigenvalue weighted by molar-refractivity contribution is 5.97. The maximum absolute atomic E-state index is 13.5. The lowest BCUT2D eigenvalue weighted by atomic mass is 10.1. The van der Waals surface area contributed by atoms with Gasteiger partial charge in [0.05, 0.1) is 11.3 Å². The maximum Gasteiger partial charge on any atom is 0.256 e. The van der Waals surface area contributed by atoms with E-state index in [0.29, 0.717) is 18.8 Å². The van der Waals surface area contributed by atoms with Crippen LogP contribution < -0.4 is 5.32 Å². The highest BCUT2D eigenvalue weighted by Crippen LogP contribution is 2.17. The van der Waals surface area contributed by atoms with Crippen molar-refractivity contribution in [2.45, 2.75) is 0 Å². The lowest BCUT2D eigenvalue weighted by Crippen LogP contribution is -2.46. The summed E-state index contributed by atoms with van der Waals surface area (Å²) in [4.78, 5) is 14.2. The summed E-state index contributed by atoms with van der Waals surface area (Å²) in [5, 5.41) is 14.0. The van der Waals surface area contributed by atoms with Gasteiger partial charge in [0.1, 0.15) is 12.1 Å². The summed E-state index contributed by atoms with van der Waals surface area (Å²) in [6, 6.07) is 4.01. The zero-order valence-corrected chi connectivity index (χ0v) is 10.7. The predicted octanol–water partition coefficient (Wildman–Crippen LogP) is -0.153. The number of hydrogen-bond donors (Lipinski definition) is 1. The number of tetrazole rings is 1. The first kappa shape index (κ1) is 12.7. The molecular formula is C12H13FN6O. The van der Waals surface area contributed by atoms with Crippen molar-refractivity contribution < 1.29 is 9.18 Å². The molecule has 1 aliphatic rings. The number of benzene rings is 1. The molecule has 1 saturated heterocycles. The lowest BCUT2D eigenvalue weighted by Gasteiger charge is -2.28. The molecule has 1 aromatic heterocycles. The first-order valence-corrected chi connectivity index (χ1v) is 6.28. The summed E-state index contributed by atoms with van der Waals surface area (Å²) in [7, 11) is 0. The molecule has 1 fully saturated rings. The Hall–Kier alpha value is -2.35. The van der Waals surface area contributed by atoms with Gasteiger partial charge in [-0.15, -0.1) is 5.10 Å². The SMILES string of the molecule is O=C(c1cc(F)ccc1-n1cnnn1)N1CCNCC1. The topological polar surface area (TPSA) is 75.9 Å². The number of carbonyl (C=O) groups excluding carboxylic acids is 1. The lowest BCUT2D eigenvalue weighted by molar-refractivity contribution is 0.0735. The quantitative estimate of drug-likeness (QED) is 0.825. The summed E-state index contributed by atoms with van der Waals surface area (Å²) in [5.41, 5.74) is 0.735. The minimum atomic E-state index is -0.458. The number of nitrogens with one attached hydrogen (secondary N) is 1. The summed E-state index contributed by atoms with van der Waals surface area (Å²) < 4.78 is 14.8. The van der Waals surface area contributed by atoms with Gasteiger partial charge in [-0.05, 0) is 28.6 Å². The molecule has 0 unspecified atom stereocenters. The Morgan fingerprint density at radius 3 is 2.80 bits per heavy atom. The Kier molecular flexibility index (Phi) is 3.38. The zero-order valence-electron chi connectivity index (χ0n) is 10.7. The van der Waals surface area contributed by atoms with Crippen LogP contribution in [0.1, 0.15) is 10.4 Å². The minimum Gasteiger partial charge on any atom is -0.336 e. The van der Waals surface area contributed by atoms with Crippen LogP contribution in [-0.4, -0.2) is 57.2 Å². The number of amides is 1. The Bertz CT molecular complexity index is 608. The van der Waals surface area contributed by atoms with Crippen LogP contribution in [0.3, 0.4) is 0 Å². The van der Waals surface area contributed by atoms with E-state index >= 15 is 0 Å². The van der Waals surface area contributed by atoms with Gasteiger partial charge in [0.2, 0.25) is 0 Å². The Balaban J connectivity index is 1.98. The smallest absolute Gasteiger partial charge is 0.256 e. The van der Waals surface area contributed by atoms with Gasteiger partial charge in [-0.25, -0.2) is 4.39 Å². The Labute approximate surface area is 114 Å². The highest BCUT2D eigenvalue weighted by Gasteiger charge is 2.22. The number of rotatable bonds is 2. The molecule has 2 aromatic rings. The van der Waals surface area contributed by atoms with Crippen LogP contribution in [0.2, 0.25) is 0 Å². The van der Waals surface area contributed by atoms with Crippen LogP contribution in [0.4, 0.5) is 4.39 Å². The van der Waals surface area contributed by atoms with Crippen molar-refractivity contribution in [2.75, 3.05) is 26.2 Å². The van der Waals surface area contributed by atoms with E-state index in [1.54, 1.807) is 4.90 Å². The second kappa shape index (κ2) is 5.33. The van der Waals surface area contributed by atoms with Crippen LogP contribution in [0.15, 0.2) is 24.5 Å². The molecule has 1 N–H and O–H groups in total. The van der Waals surface area contributed by atoms with E-state index in [4.69, 9.17) is 0 Å². The first-order chi connectivity index (χ1) is 9.75. The van der Waals surface area contributed by atoms with E-state index in [1.165, 1.54) is 29.2 Å². The van der Waals surface area contributed by atoms with Gasteiger partial charge in [0.25, 0.3) is 5.91 Å². The molecule has 0 aliphatic carbocycles. The van der Waals surface area contributed by atoms with Crippen molar-refractivity contribution >= 4 is 5.91 Å². The van der Waals surface area contributed by atoms with Crippen LogP contribution in [-0.2, 0) is 0 Å². The fourth-order valence-corrected chi connectivity index (χ4v) is 2.19. The number of carbonyl (C=O) groups is 1. The number of halogens is 1. The number of piperazine rings is 1. The molecule has 20 heavy (non-hydrogen) atoms. The number of hydrogen-bond acceptors (Lipinski definition) is 5. The average molecular weight is 276 g/mol. The highest BCUT2D eigenvalue weighted by atomic mass is 19.1.